The molecule has 4 unspecified atom stereocenters. The minimum Gasteiger partial charge on any atom is -0.380 e. The molecule has 124 valence electrons. The molecule has 1 aliphatic heterocycles. The second-order valence-electron chi connectivity index (χ2n) is 7.50. The molecule has 2 N–H and O–H groups in total. The molecule has 1 saturated carbocycles. The maximum atomic E-state index is 6.30. The first-order chi connectivity index (χ1) is 10.1. The minimum absolute atomic E-state index is 0.249. The predicted molar refractivity (Wildman–Crippen MR) is 89.4 cm³/mol. The third-order valence-corrected chi connectivity index (χ3v) is 6.21. The highest BCUT2D eigenvalue weighted by atomic mass is 16.5. The van der Waals surface area contributed by atoms with E-state index in [-0.39, 0.29) is 5.54 Å². The zero-order valence-electron chi connectivity index (χ0n) is 14.4. The first-order valence-corrected chi connectivity index (χ1v) is 9.13. The van der Waals surface area contributed by atoms with Crippen molar-refractivity contribution in [2.24, 2.45) is 17.6 Å². The lowest BCUT2D eigenvalue weighted by Gasteiger charge is -2.48. The third-order valence-electron chi connectivity index (χ3n) is 6.21. The van der Waals surface area contributed by atoms with E-state index in [9.17, 15) is 0 Å². The number of nitrogens with two attached hydrogens (primary N) is 1. The molecule has 0 bridgehead atoms. The highest BCUT2D eigenvalue weighted by molar-refractivity contribution is 4.97. The largest absolute Gasteiger partial charge is 0.380 e. The molecule has 1 heterocycles. The summed E-state index contributed by atoms with van der Waals surface area (Å²) in [5.41, 5.74) is 6.55. The van der Waals surface area contributed by atoms with Crippen LogP contribution >= 0.6 is 0 Å². The summed E-state index contributed by atoms with van der Waals surface area (Å²) in [6, 6.07) is 0. The molecule has 2 aliphatic rings. The number of hydrogen-bond donors (Lipinski definition) is 1. The average Bonchev–Trinajstić information content (AvgIpc) is 2.71. The Morgan fingerprint density at radius 1 is 1.24 bits per heavy atom. The zero-order valence-corrected chi connectivity index (χ0v) is 14.4. The number of methoxy groups -OCH3 is 1. The topological polar surface area (TPSA) is 38.5 Å². The summed E-state index contributed by atoms with van der Waals surface area (Å²) < 4.78 is 5.72. The Morgan fingerprint density at radius 3 is 2.71 bits per heavy atom. The molecule has 3 nitrogen and oxygen atoms in total. The van der Waals surface area contributed by atoms with Gasteiger partial charge in [0.1, 0.15) is 0 Å². The molecule has 3 heteroatoms. The van der Waals surface area contributed by atoms with Crippen LogP contribution in [-0.4, -0.2) is 43.3 Å². The van der Waals surface area contributed by atoms with Crippen LogP contribution in [0.1, 0.15) is 65.2 Å². The van der Waals surface area contributed by atoms with Crippen molar-refractivity contribution in [3.05, 3.63) is 0 Å². The second-order valence-corrected chi connectivity index (χ2v) is 7.50. The van der Waals surface area contributed by atoms with Gasteiger partial charge in [0, 0.05) is 25.7 Å². The molecule has 2 fully saturated rings. The number of likely N-dealkylation sites (tertiary alicyclic amines) is 1. The van der Waals surface area contributed by atoms with Gasteiger partial charge in [0.15, 0.2) is 0 Å². The molecule has 2 rings (SSSR count). The molecule has 0 aromatic carbocycles. The van der Waals surface area contributed by atoms with Crippen molar-refractivity contribution in [2.45, 2.75) is 76.9 Å². The number of hydrogen-bond acceptors (Lipinski definition) is 3. The van der Waals surface area contributed by atoms with Gasteiger partial charge in [0.05, 0.1) is 6.10 Å². The van der Waals surface area contributed by atoms with Gasteiger partial charge in [-0.1, -0.05) is 39.5 Å². The Morgan fingerprint density at radius 2 is 2.05 bits per heavy atom. The molecule has 0 amide bonds. The van der Waals surface area contributed by atoms with E-state index >= 15 is 0 Å². The van der Waals surface area contributed by atoms with Gasteiger partial charge >= 0.3 is 0 Å². The maximum absolute atomic E-state index is 6.30. The smallest absolute Gasteiger partial charge is 0.0724 e. The van der Waals surface area contributed by atoms with E-state index in [1.165, 1.54) is 57.9 Å². The highest BCUT2D eigenvalue weighted by Gasteiger charge is 2.40. The fraction of sp³-hybridized carbons (Fsp3) is 1.00. The van der Waals surface area contributed by atoms with Gasteiger partial charge in [-0.25, -0.2) is 0 Å². The SMILES string of the molecule is CCCC1CCCC(CN)(N2CCC(C)C(OC)C2)CC1. The van der Waals surface area contributed by atoms with Crippen LogP contribution in [0.2, 0.25) is 0 Å². The van der Waals surface area contributed by atoms with Gasteiger partial charge < -0.3 is 10.5 Å². The van der Waals surface area contributed by atoms with E-state index in [0.29, 0.717) is 12.0 Å². The Bertz CT molecular complexity index is 310. The Kier molecular flexibility index (Phi) is 6.51. The van der Waals surface area contributed by atoms with Crippen molar-refractivity contribution in [3.63, 3.8) is 0 Å². The fourth-order valence-electron chi connectivity index (χ4n) is 4.58. The van der Waals surface area contributed by atoms with Crippen LogP contribution in [-0.2, 0) is 4.74 Å². The van der Waals surface area contributed by atoms with Crippen LogP contribution in [0.4, 0.5) is 0 Å². The number of rotatable bonds is 5. The lowest BCUT2D eigenvalue weighted by molar-refractivity contribution is -0.0492. The first-order valence-electron chi connectivity index (χ1n) is 9.13. The van der Waals surface area contributed by atoms with E-state index in [0.717, 1.165) is 19.0 Å². The van der Waals surface area contributed by atoms with Gasteiger partial charge in [0.2, 0.25) is 0 Å². The summed E-state index contributed by atoms with van der Waals surface area (Å²) in [4.78, 5) is 2.69. The summed E-state index contributed by atoms with van der Waals surface area (Å²) in [6.45, 7) is 7.74. The molecule has 0 aromatic rings. The van der Waals surface area contributed by atoms with Crippen LogP contribution in [0, 0.1) is 11.8 Å². The monoisotopic (exact) mass is 296 g/mol. The van der Waals surface area contributed by atoms with Crippen molar-refractivity contribution >= 4 is 0 Å². The quantitative estimate of drug-likeness (QED) is 0.790. The van der Waals surface area contributed by atoms with Gasteiger partial charge in [-0.15, -0.1) is 0 Å². The first kappa shape index (κ1) is 17.2. The summed E-state index contributed by atoms with van der Waals surface area (Å²) in [5, 5.41) is 0. The van der Waals surface area contributed by atoms with E-state index < -0.39 is 0 Å². The zero-order chi connectivity index (χ0) is 15.3. The molecule has 21 heavy (non-hydrogen) atoms. The van der Waals surface area contributed by atoms with Crippen molar-refractivity contribution in [1.82, 2.24) is 4.90 Å². The predicted octanol–water partition coefficient (Wildman–Crippen LogP) is 3.42. The van der Waals surface area contributed by atoms with Crippen LogP contribution in [0.5, 0.6) is 0 Å². The minimum atomic E-state index is 0.249. The number of ether oxygens (including phenoxy) is 1. The highest BCUT2D eigenvalue weighted by Crippen LogP contribution is 2.38. The molecule has 0 aromatic heterocycles. The van der Waals surface area contributed by atoms with Crippen LogP contribution < -0.4 is 5.73 Å². The van der Waals surface area contributed by atoms with Gasteiger partial charge in [-0.3, -0.25) is 4.90 Å². The standard InChI is InChI=1S/C18H36N2O/c1-4-6-16-7-5-10-18(14-19,11-8-16)20-12-9-15(2)17(13-20)21-3/h15-17H,4-14,19H2,1-3H3. The van der Waals surface area contributed by atoms with Crippen molar-refractivity contribution < 1.29 is 4.74 Å². The van der Waals surface area contributed by atoms with E-state index in [1.54, 1.807) is 0 Å². The maximum Gasteiger partial charge on any atom is 0.0724 e. The molecule has 4 atom stereocenters. The normalized spacial score (nSPS) is 39.1. The summed E-state index contributed by atoms with van der Waals surface area (Å²) in [6.07, 6.45) is 11.1. The van der Waals surface area contributed by atoms with E-state index in [4.69, 9.17) is 10.5 Å². The van der Waals surface area contributed by atoms with Gasteiger partial charge in [-0.05, 0) is 44.1 Å². The molecule has 1 aliphatic carbocycles. The van der Waals surface area contributed by atoms with Crippen molar-refractivity contribution in [3.8, 4) is 0 Å². The third kappa shape index (κ3) is 4.00. The van der Waals surface area contributed by atoms with E-state index in [2.05, 4.69) is 18.7 Å². The molecule has 1 saturated heterocycles. The van der Waals surface area contributed by atoms with Crippen molar-refractivity contribution in [2.75, 3.05) is 26.7 Å². The van der Waals surface area contributed by atoms with Crippen LogP contribution in [0.3, 0.4) is 0 Å². The molecular weight excluding hydrogens is 260 g/mol. The summed E-state index contributed by atoms with van der Waals surface area (Å²) >= 11 is 0. The Balaban J connectivity index is 2.03. The summed E-state index contributed by atoms with van der Waals surface area (Å²) in [7, 11) is 1.87. The average molecular weight is 296 g/mol. The molecular formula is C18H36N2O. The Hall–Kier alpha value is -0.120. The lowest BCUT2D eigenvalue weighted by Crippen LogP contribution is -2.59. The summed E-state index contributed by atoms with van der Waals surface area (Å²) in [5.74, 6) is 1.62. The second kappa shape index (κ2) is 7.94. The van der Waals surface area contributed by atoms with Crippen molar-refractivity contribution in [1.29, 1.82) is 0 Å². The van der Waals surface area contributed by atoms with E-state index in [1.807, 2.05) is 7.11 Å². The molecule has 0 radical (unpaired) electrons. The van der Waals surface area contributed by atoms with Crippen LogP contribution in [0.25, 0.3) is 0 Å². The fourth-order valence-corrected chi connectivity index (χ4v) is 4.58. The lowest BCUT2D eigenvalue weighted by atomic mass is 9.83. The van der Waals surface area contributed by atoms with Crippen LogP contribution in [0.15, 0.2) is 0 Å². The van der Waals surface area contributed by atoms with Gasteiger partial charge in [0.25, 0.3) is 0 Å². The number of piperidine rings is 1. The number of nitrogens with zero attached hydrogens (tertiary/aromatic N) is 1. The Labute approximate surface area is 131 Å². The molecule has 0 spiro atoms. The van der Waals surface area contributed by atoms with Gasteiger partial charge in [-0.2, -0.15) is 0 Å².